The maximum Gasteiger partial charge on any atom is 0.341 e. The van der Waals surface area contributed by atoms with Gasteiger partial charge >= 0.3 is 5.97 Å². The summed E-state index contributed by atoms with van der Waals surface area (Å²) < 4.78 is 5.27. The molecular weight excluding hydrogens is 382 g/mol. The van der Waals surface area contributed by atoms with Crippen molar-refractivity contribution in [2.24, 2.45) is 0 Å². The van der Waals surface area contributed by atoms with Crippen molar-refractivity contribution < 1.29 is 14.3 Å². The van der Waals surface area contributed by atoms with Gasteiger partial charge in [-0.05, 0) is 49.4 Å². The Bertz CT molecular complexity index is 1010. The second kappa shape index (κ2) is 9.52. The molecule has 5 heteroatoms. The lowest BCUT2D eigenvalue weighted by Gasteiger charge is -2.10. The van der Waals surface area contributed by atoms with Gasteiger partial charge in [-0.15, -0.1) is 11.3 Å². The number of aryl methyl sites for hydroxylation is 3. The fourth-order valence-electron chi connectivity index (χ4n) is 3.07. The zero-order valence-electron chi connectivity index (χ0n) is 17.0. The van der Waals surface area contributed by atoms with E-state index in [4.69, 9.17) is 4.74 Å². The molecule has 0 fully saturated rings. The highest BCUT2D eigenvalue weighted by atomic mass is 32.1. The largest absolute Gasteiger partial charge is 0.462 e. The average Bonchev–Trinajstić information content (AvgIpc) is 3.13. The maximum absolute atomic E-state index is 12.7. The third kappa shape index (κ3) is 5.12. The van der Waals surface area contributed by atoms with Crippen LogP contribution in [0.3, 0.4) is 0 Å². The number of esters is 1. The van der Waals surface area contributed by atoms with Crippen molar-refractivity contribution >= 4 is 28.2 Å². The summed E-state index contributed by atoms with van der Waals surface area (Å²) in [6, 6.07) is 16.0. The van der Waals surface area contributed by atoms with Crippen LogP contribution in [0.15, 0.2) is 53.9 Å². The number of ether oxygens (including phenoxy) is 1. The molecule has 0 spiro atoms. The van der Waals surface area contributed by atoms with E-state index in [0.29, 0.717) is 23.4 Å². The number of nitrogens with one attached hydrogen (secondary N) is 1. The summed E-state index contributed by atoms with van der Waals surface area (Å²) >= 11 is 1.35. The van der Waals surface area contributed by atoms with Crippen LogP contribution >= 0.6 is 11.3 Å². The number of carbonyl (C=O) groups excluding carboxylic acids is 2. The molecule has 0 aliphatic heterocycles. The minimum absolute atomic E-state index is 0.118. The summed E-state index contributed by atoms with van der Waals surface area (Å²) in [5.74, 6) is -0.534. The van der Waals surface area contributed by atoms with E-state index in [1.807, 2.05) is 54.8 Å². The Balaban J connectivity index is 1.84. The smallest absolute Gasteiger partial charge is 0.341 e. The summed E-state index contributed by atoms with van der Waals surface area (Å²) in [6.45, 7) is 6.15. The van der Waals surface area contributed by atoms with Crippen molar-refractivity contribution in [2.45, 2.75) is 33.6 Å². The second-order valence-corrected chi connectivity index (χ2v) is 7.79. The van der Waals surface area contributed by atoms with Gasteiger partial charge in [0.2, 0.25) is 5.91 Å². The summed E-state index contributed by atoms with van der Waals surface area (Å²) in [5.41, 5.74) is 5.60. The molecule has 0 bridgehead atoms. The van der Waals surface area contributed by atoms with Crippen LogP contribution in [0.2, 0.25) is 0 Å². The summed E-state index contributed by atoms with van der Waals surface area (Å²) in [7, 11) is 0. The van der Waals surface area contributed by atoms with Crippen LogP contribution in [-0.4, -0.2) is 18.5 Å². The van der Waals surface area contributed by atoms with Crippen LogP contribution in [0, 0.1) is 13.8 Å². The van der Waals surface area contributed by atoms with Crippen molar-refractivity contribution in [3.05, 3.63) is 76.2 Å². The quantitative estimate of drug-likeness (QED) is 0.505. The van der Waals surface area contributed by atoms with Crippen LogP contribution in [0.5, 0.6) is 0 Å². The molecule has 1 heterocycles. The van der Waals surface area contributed by atoms with E-state index in [0.717, 1.165) is 22.3 Å². The van der Waals surface area contributed by atoms with Gasteiger partial charge < -0.3 is 10.1 Å². The average molecular weight is 408 g/mol. The third-order valence-electron chi connectivity index (χ3n) is 4.83. The molecule has 1 N–H and O–H groups in total. The molecule has 0 unspecified atom stereocenters. The van der Waals surface area contributed by atoms with Crippen LogP contribution < -0.4 is 5.32 Å². The van der Waals surface area contributed by atoms with Gasteiger partial charge in [0.15, 0.2) is 0 Å². The van der Waals surface area contributed by atoms with Crippen molar-refractivity contribution in [2.75, 3.05) is 11.9 Å². The van der Waals surface area contributed by atoms with Crippen molar-refractivity contribution in [1.82, 2.24) is 0 Å². The first-order valence-electron chi connectivity index (χ1n) is 9.69. The molecule has 1 aromatic heterocycles. The highest BCUT2D eigenvalue weighted by Crippen LogP contribution is 2.37. The number of anilines is 1. The Morgan fingerprint density at radius 3 is 2.48 bits per heavy atom. The second-order valence-electron chi connectivity index (χ2n) is 6.91. The van der Waals surface area contributed by atoms with Gasteiger partial charge in [0.05, 0.1) is 6.61 Å². The first-order chi connectivity index (χ1) is 14.0. The Kier molecular flexibility index (Phi) is 6.83. The minimum atomic E-state index is -0.416. The Hall–Kier alpha value is -2.92. The van der Waals surface area contributed by atoms with E-state index < -0.39 is 5.97 Å². The lowest BCUT2D eigenvalue weighted by atomic mass is 9.99. The third-order valence-corrected chi connectivity index (χ3v) is 5.72. The van der Waals surface area contributed by atoms with Crippen molar-refractivity contribution in [1.29, 1.82) is 0 Å². The first kappa shape index (κ1) is 20.8. The molecule has 4 nitrogen and oxygen atoms in total. The molecule has 0 aliphatic rings. The van der Waals surface area contributed by atoms with Crippen LogP contribution in [-0.2, 0) is 16.0 Å². The number of rotatable bonds is 7. The molecule has 3 rings (SSSR count). The lowest BCUT2D eigenvalue weighted by molar-refractivity contribution is -0.116. The van der Waals surface area contributed by atoms with Gasteiger partial charge in [0.1, 0.15) is 10.6 Å². The highest BCUT2D eigenvalue weighted by Gasteiger charge is 2.23. The Morgan fingerprint density at radius 1 is 1.03 bits per heavy atom. The SMILES string of the molecule is CCOC(=O)c1c(-c2ccc(C)c(C)c2)csc1NC(=O)CCc1ccccc1. The molecule has 150 valence electrons. The molecule has 0 atom stereocenters. The number of benzene rings is 2. The lowest BCUT2D eigenvalue weighted by Crippen LogP contribution is -2.15. The number of carbonyl (C=O) groups is 2. The van der Waals surface area contributed by atoms with Crippen LogP contribution in [0.4, 0.5) is 5.00 Å². The molecule has 0 saturated carbocycles. The van der Waals surface area contributed by atoms with Gasteiger partial charge in [-0.3, -0.25) is 4.79 Å². The highest BCUT2D eigenvalue weighted by molar-refractivity contribution is 7.15. The monoisotopic (exact) mass is 407 g/mol. The first-order valence-corrected chi connectivity index (χ1v) is 10.6. The zero-order chi connectivity index (χ0) is 20.8. The number of amides is 1. The standard InChI is InChI=1S/C24H25NO3S/c1-4-28-24(27)22-20(19-12-10-16(2)17(3)14-19)15-29-23(22)25-21(26)13-11-18-8-6-5-7-9-18/h5-10,12,14-15H,4,11,13H2,1-3H3,(H,25,26). The Morgan fingerprint density at radius 2 is 1.79 bits per heavy atom. The van der Waals surface area contributed by atoms with E-state index in [2.05, 4.69) is 18.3 Å². The fraction of sp³-hybridized carbons (Fsp3) is 0.250. The number of thiophene rings is 1. The molecule has 29 heavy (non-hydrogen) atoms. The zero-order valence-corrected chi connectivity index (χ0v) is 17.8. The summed E-state index contributed by atoms with van der Waals surface area (Å²) in [6.07, 6.45) is 1.000. The number of hydrogen-bond donors (Lipinski definition) is 1. The molecule has 3 aromatic rings. The molecular formula is C24H25NO3S. The predicted molar refractivity (Wildman–Crippen MR) is 119 cm³/mol. The van der Waals surface area contributed by atoms with E-state index >= 15 is 0 Å². The van der Waals surface area contributed by atoms with Gasteiger partial charge in [-0.1, -0.05) is 48.5 Å². The predicted octanol–water partition coefficient (Wildman–Crippen LogP) is 5.78. The van der Waals surface area contributed by atoms with E-state index in [1.54, 1.807) is 6.92 Å². The fourth-order valence-corrected chi connectivity index (χ4v) is 4.04. The van der Waals surface area contributed by atoms with E-state index in [1.165, 1.54) is 16.9 Å². The summed E-state index contributed by atoms with van der Waals surface area (Å²) in [4.78, 5) is 25.2. The molecule has 0 aliphatic carbocycles. The van der Waals surface area contributed by atoms with Crippen LogP contribution in [0.1, 0.15) is 40.4 Å². The van der Waals surface area contributed by atoms with E-state index in [9.17, 15) is 9.59 Å². The van der Waals surface area contributed by atoms with Crippen LogP contribution in [0.25, 0.3) is 11.1 Å². The minimum Gasteiger partial charge on any atom is -0.462 e. The van der Waals surface area contributed by atoms with E-state index in [-0.39, 0.29) is 12.5 Å². The Labute approximate surface area is 175 Å². The van der Waals surface area contributed by atoms with Gasteiger partial charge in [0, 0.05) is 17.4 Å². The van der Waals surface area contributed by atoms with Gasteiger partial charge in [0.25, 0.3) is 0 Å². The molecule has 0 radical (unpaired) electrons. The molecule has 0 saturated heterocycles. The van der Waals surface area contributed by atoms with Gasteiger partial charge in [-0.25, -0.2) is 4.79 Å². The normalized spacial score (nSPS) is 10.6. The van der Waals surface area contributed by atoms with Gasteiger partial charge in [-0.2, -0.15) is 0 Å². The molecule has 2 aromatic carbocycles. The maximum atomic E-state index is 12.7. The molecule has 1 amide bonds. The van der Waals surface area contributed by atoms with Crippen molar-refractivity contribution in [3.8, 4) is 11.1 Å². The topological polar surface area (TPSA) is 55.4 Å². The number of hydrogen-bond acceptors (Lipinski definition) is 4. The van der Waals surface area contributed by atoms with Crippen molar-refractivity contribution in [3.63, 3.8) is 0 Å². The summed E-state index contributed by atoms with van der Waals surface area (Å²) in [5, 5.41) is 5.36.